The van der Waals surface area contributed by atoms with Crippen LogP contribution in [0.1, 0.15) is 5.56 Å². The van der Waals surface area contributed by atoms with Crippen molar-refractivity contribution in [2.45, 2.75) is 12.5 Å². The number of hydrogen-bond donors (Lipinski definition) is 2. The summed E-state index contributed by atoms with van der Waals surface area (Å²) in [4.78, 5) is 21.8. The van der Waals surface area contributed by atoms with Gasteiger partial charge in [0.05, 0.1) is 6.42 Å². The SMILES string of the molecule is O=C(Cc1cc(F)ccc1F)NC(CF)C(=O)O. The predicted molar refractivity (Wildman–Crippen MR) is 55.6 cm³/mol. The molecular formula is C11H10F3NO3. The molecule has 0 aliphatic rings. The summed E-state index contributed by atoms with van der Waals surface area (Å²) in [5, 5.41) is 10.4. The number of rotatable bonds is 5. The summed E-state index contributed by atoms with van der Waals surface area (Å²) < 4.78 is 38.2. The van der Waals surface area contributed by atoms with Gasteiger partial charge < -0.3 is 10.4 Å². The summed E-state index contributed by atoms with van der Waals surface area (Å²) >= 11 is 0. The summed E-state index contributed by atoms with van der Waals surface area (Å²) in [7, 11) is 0. The van der Waals surface area contributed by atoms with E-state index in [1.807, 2.05) is 5.32 Å². The molecule has 0 saturated heterocycles. The number of amides is 1. The van der Waals surface area contributed by atoms with Crippen LogP contribution >= 0.6 is 0 Å². The molecule has 0 aliphatic heterocycles. The van der Waals surface area contributed by atoms with Crippen LogP contribution in [0.25, 0.3) is 0 Å². The van der Waals surface area contributed by atoms with Crippen molar-refractivity contribution in [3.63, 3.8) is 0 Å². The average Bonchev–Trinajstić information content (AvgIpc) is 2.30. The maximum atomic E-state index is 13.2. The van der Waals surface area contributed by atoms with Gasteiger partial charge in [0.15, 0.2) is 6.04 Å². The van der Waals surface area contributed by atoms with Crippen LogP contribution in [0.2, 0.25) is 0 Å². The van der Waals surface area contributed by atoms with E-state index < -0.39 is 42.6 Å². The van der Waals surface area contributed by atoms with Crippen LogP contribution in [0.15, 0.2) is 18.2 Å². The summed E-state index contributed by atoms with van der Waals surface area (Å²) in [6, 6.07) is 0.870. The second-order valence-electron chi connectivity index (χ2n) is 3.53. The summed E-state index contributed by atoms with van der Waals surface area (Å²) in [6.07, 6.45) is -0.562. The average molecular weight is 261 g/mol. The van der Waals surface area contributed by atoms with E-state index in [4.69, 9.17) is 5.11 Å². The van der Waals surface area contributed by atoms with Crippen molar-refractivity contribution in [1.82, 2.24) is 5.32 Å². The number of benzene rings is 1. The van der Waals surface area contributed by atoms with Crippen LogP contribution in [-0.4, -0.2) is 29.7 Å². The Morgan fingerprint density at radius 2 is 2.00 bits per heavy atom. The van der Waals surface area contributed by atoms with Crippen molar-refractivity contribution < 1.29 is 27.9 Å². The molecule has 1 aromatic rings. The number of carbonyl (C=O) groups excluding carboxylic acids is 1. The number of carboxylic acids is 1. The molecule has 0 fully saturated rings. The van der Waals surface area contributed by atoms with Crippen LogP contribution in [0.3, 0.4) is 0 Å². The summed E-state index contributed by atoms with van der Waals surface area (Å²) in [6.45, 7) is -1.29. The van der Waals surface area contributed by atoms with E-state index in [0.29, 0.717) is 0 Å². The highest BCUT2D eigenvalue weighted by molar-refractivity contribution is 5.84. The van der Waals surface area contributed by atoms with Crippen LogP contribution in [-0.2, 0) is 16.0 Å². The molecule has 7 heteroatoms. The first-order chi connectivity index (χ1) is 8.43. The topological polar surface area (TPSA) is 66.4 Å². The highest BCUT2D eigenvalue weighted by atomic mass is 19.1. The minimum atomic E-state index is -1.69. The third-order valence-electron chi connectivity index (χ3n) is 2.15. The number of carbonyl (C=O) groups is 2. The molecule has 1 rings (SSSR count). The Bertz CT molecular complexity index is 465. The molecule has 2 N–H and O–H groups in total. The van der Waals surface area contributed by atoms with Gasteiger partial charge in [-0.2, -0.15) is 0 Å². The lowest BCUT2D eigenvalue weighted by molar-refractivity contribution is -0.142. The molecule has 0 spiro atoms. The zero-order valence-corrected chi connectivity index (χ0v) is 9.12. The van der Waals surface area contributed by atoms with E-state index in [0.717, 1.165) is 18.2 Å². The molecule has 0 saturated carbocycles. The van der Waals surface area contributed by atoms with Gasteiger partial charge in [-0.15, -0.1) is 0 Å². The maximum absolute atomic E-state index is 13.2. The van der Waals surface area contributed by atoms with Gasteiger partial charge in [-0.1, -0.05) is 0 Å². The van der Waals surface area contributed by atoms with Crippen molar-refractivity contribution in [2.75, 3.05) is 6.67 Å². The van der Waals surface area contributed by atoms with Crippen molar-refractivity contribution in [2.24, 2.45) is 0 Å². The molecule has 98 valence electrons. The first kappa shape index (κ1) is 14.0. The highest BCUT2D eigenvalue weighted by Crippen LogP contribution is 2.10. The Hall–Kier alpha value is -2.05. The molecule has 4 nitrogen and oxygen atoms in total. The number of hydrogen-bond acceptors (Lipinski definition) is 2. The van der Waals surface area contributed by atoms with Crippen LogP contribution in [0.4, 0.5) is 13.2 Å². The van der Waals surface area contributed by atoms with Crippen LogP contribution < -0.4 is 5.32 Å². The van der Waals surface area contributed by atoms with Gasteiger partial charge in [-0.3, -0.25) is 4.79 Å². The first-order valence-corrected chi connectivity index (χ1v) is 4.96. The molecule has 1 atom stereocenters. The predicted octanol–water partition coefficient (Wildman–Crippen LogP) is 1.05. The van der Waals surface area contributed by atoms with E-state index in [9.17, 15) is 22.8 Å². The Morgan fingerprint density at radius 3 is 2.56 bits per heavy atom. The van der Waals surface area contributed by atoms with Crippen LogP contribution in [0, 0.1) is 11.6 Å². The minimum absolute atomic E-state index is 0.226. The van der Waals surface area contributed by atoms with Gasteiger partial charge in [-0.05, 0) is 18.2 Å². The Labute approximate surface area is 100 Å². The number of halogens is 3. The molecule has 0 aromatic heterocycles. The van der Waals surface area contributed by atoms with Gasteiger partial charge >= 0.3 is 5.97 Å². The number of carboxylic acid groups (broad SMARTS) is 1. The van der Waals surface area contributed by atoms with Gasteiger partial charge in [-0.25, -0.2) is 18.0 Å². The fraction of sp³-hybridized carbons (Fsp3) is 0.273. The largest absolute Gasteiger partial charge is 0.480 e. The zero-order valence-electron chi connectivity index (χ0n) is 9.12. The van der Waals surface area contributed by atoms with E-state index in [1.54, 1.807) is 0 Å². The van der Waals surface area contributed by atoms with Gasteiger partial charge in [0.1, 0.15) is 18.3 Å². The molecule has 18 heavy (non-hydrogen) atoms. The zero-order chi connectivity index (χ0) is 13.7. The fourth-order valence-corrected chi connectivity index (χ4v) is 1.26. The van der Waals surface area contributed by atoms with Gasteiger partial charge in [0.25, 0.3) is 0 Å². The van der Waals surface area contributed by atoms with Crippen molar-refractivity contribution in [3.05, 3.63) is 35.4 Å². The molecule has 0 radical (unpaired) electrons. The van der Waals surface area contributed by atoms with E-state index in [2.05, 4.69) is 0 Å². The Kier molecular flexibility index (Phi) is 4.70. The lowest BCUT2D eigenvalue weighted by Gasteiger charge is -2.11. The lowest BCUT2D eigenvalue weighted by Crippen LogP contribution is -2.43. The molecular weight excluding hydrogens is 251 g/mol. The second-order valence-corrected chi connectivity index (χ2v) is 3.53. The van der Waals surface area contributed by atoms with Gasteiger partial charge in [0.2, 0.25) is 5.91 Å². The van der Waals surface area contributed by atoms with E-state index in [1.165, 1.54) is 0 Å². The lowest BCUT2D eigenvalue weighted by atomic mass is 10.1. The molecule has 0 aliphatic carbocycles. The third-order valence-corrected chi connectivity index (χ3v) is 2.15. The Morgan fingerprint density at radius 1 is 1.33 bits per heavy atom. The maximum Gasteiger partial charge on any atom is 0.328 e. The minimum Gasteiger partial charge on any atom is -0.480 e. The first-order valence-electron chi connectivity index (χ1n) is 4.96. The normalized spacial score (nSPS) is 11.9. The molecule has 1 amide bonds. The molecule has 0 bridgehead atoms. The monoisotopic (exact) mass is 261 g/mol. The van der Waals surface area contributed by atoms with E-state index in [-0.39, 0.29) is 5.56 Å². The summed E-state index contributed by atoms with van der Waals surface area (Å²) in [5.74, 6) is -3.95. The second kappa shape index (κ2) is 6.04. The number of nitrogens with one attached hydrogen (secondary N) is 1. The highest BCUT2D eigenvalue weighted by Gasteiger charge is 2.20. The molecule has 0 heterocycles. The Balaban J connectivity index is 2.70. The van der Waals surface area contributed by atoms with Gasteiger partial charge in [0, 0.05) is 5.56 Å². The van der Waals surface area contributed by atoms with Crippen molar-refractivity contribution in [1.29, 1.82) is 0 Å². The number of alkyl halides is 1. The standard InChI is InChI=1S/C11H10F3NO3/c12-5-9(11(17)18)15-10(16)4-6-3-7(13)1-2-8(6)14/h1-3,9H,4-5H2,(H,15,16)(H,17,18). The molecule has 1 aromatic carbocycles. The van der Waals surface area contributed by atoms with Crippen molar-refractivity contribution >= 4 is 11.9 Å². The van der Waals surface area contributed by atoms with Crippen molar-refractivity contribution in [3.8, 4) is 0 Å². The molecule has 1 unspecified atom stereocenters. The fourth-order valence-electron chi connectivity index (χ4n) is 1.26. The third kappa shape index (κ3) is 3.76. The quantitative estimate of drug-likeness (QED) is 0.832. The number of aliphatic carboxylic acids is 1. The smallest absolute Gasteiger partial charge is 0.328 e. The summed E-state index contributed by atoms with van der Waals surface area (Å²) in [5.41, 5.74) is -0.226. The van der Waals surface area contributed by atoms with E-state index >= 15 is 0 Å². The van der Waals surface area contributed by atoms with Crippen LogP contribution in [0.5, 0.6) is 0 Å².